The molecule has 38 heavy (non-hydrogen) atoms. The number of halogens is 3. The summed E-state index contributed by atoms with van der Waals surface area (Å²) < 4.78 is 31.7. The molecule has 2 saturated heterocycles. The third-order valence-corrected chi connectivity index (χ3v) is 7.28. The van der Waals surface area contributed by atoms with Crippen LogP contribution < -0.4 is 4.90 Å². The van der Waals surface area contributed by atoms with Crippen LogP contribution in [0.1, 0.15) is 49.9 Å². The number of aliphatic carboxylic acids is 1. The molecule has 2 aliphatic rings. The number of carboxylic acids is 1. The number of carboxylic acid groups (broad SMARTS) is 1. The Morgan fingerprint density at radius 2 is 1.47 bits per heavy atom. The summed E-state index contributed by atoms with van der Waals surface area (Å²) in [5.41, 5.74) is 3.16. The lowest BCUT2D eigenvalue weighted by molar-refractivity contribution is -0.192. The molecule has 0 aromatic heterocycles. The normalized spacial score (nSPS) is 20.7. The number of rotatable bonds is 8. The first kappa shape index (κ1) is 29.2. The number of piperidine rings is 1. The van der Waals surface area contributed by atoms with Crippen LogP contribution in [0, 0.1) is 0 Å². The maximum atomic E-state index is 12.8. The number of hydrogen-bond acceptors (Lipinski definition) is 4. The number of benzene rings is 2. The molecule has 9 heteroatoms. The molecule has 4 rings (SSSR count). The van der Waals surface area contributed by atoms with E-state index in [-0.39, 0.29) is 5.91 Å². The minimum Gasteiger partial charge on any atom is -0.475 e. The topological polar surface area (TPSA) is 64.1 Å². The number of anilines is 2. The Morgan fingerprint density at radius 3 is 1.92 bits per heavy atom. The molecule has 2 aromatic rings. The molecule has 0 aliphatic carbocycles. The fourth-order valence-electron chi connectivity index (χ4n) is 5.52. The summed E-state index contributed by atoms with van der Waals surface area (Å²) in [7, 11) is 0. The molecule has 2 aromatic carbocycles. The van der Waals surface area contributed by atoms with E-state index in [1.165, 1.54) is 37.1 Å². The smallest absolute Gasteiger partial charge is 0.475 e. The van der Waals surface area contributed by atoms with Crippen molar-refractivity contribution in [1.82, 2.24) is 9.80 Å². The van der Waals surface area contributed by atoms with Crippen molar-refractivity contribution in [2.75, 3.05) is 24.5 Å². The van der Waals surface area contributed by atoms with Gasteiger partial charge in [0.25, 0.3) is 5.91 Å². The number of amides is 1. The van der Waals surface area contributed by atoms with Crippen LogP contribution in [0.25, 0.3) is 0 Å². The monoisotopic (exact) mass is 531 g/mol. The number of hydrogen-bond donors (Lipinski definition) is 1. The molecule has 2 heterocycles. The van der Waals surface area contributed by atoms with Gasteiger partial charge in [-0.05, 0) is 75.9 Å². The summed E-state index contributed by atoms with van der Waals surface area (Å²) in [5.74, 6) is -2.65. The highest BCUT2D eigenvalue weighted by atomic mass is 19.4. The lowest BCUT2D eigenvalue weighted by atomic mass is 9.94. The number of carbonyl (C=O) groups excluding carboxylic acids is 1. The van der Waals surface area contributed by atoms with E-state index in [9.17, 15) is 18.0 Å². The van der Waals surface area contributed by atoms with Crippen LogP contribution in [0.2, 0.25) is 0 Å². The fourth-order valence-corrected chi connectivity index (χ4v) is 5.52. The third-order valence-electron chi connectivity index (χ3n) is 7.28. The van der Waals surface area contributed by atoms with E-state index >= 15 is 0 Å². The quantitative estimate of drug-likeness (QED) is 0.416. The van der Waals surface area contributed by atoms with Crippen LogP contribution in [-0.2, 0) is 4.79 Å². The van der Waals surface area contributed by atoms with Crippen molar-refractivity contribution in [1.29, 1.82) is 0 Å². The maximum absolute atomic E-state index is 12.8. The molecular formula is C29H36F3N3O3. The first-order valence-electron chi connectivity index (χ1n) is 13.0. The zero-order valence-electron chi connectivity index (χ0n) is 21.9. The van der Waals surface area contributed by atoms with Gasteiger partial charge in [-0.2, -0.15) is 13.2 Å². The lowest BCUT2D eigenvalue weighted by Crippen LogP contribution is -2.49. The van der Waals surface area contributed by atoms with Crippen molar-refractivity contribution >= 4 is 23.3 Å². The van der Waals surface area contributed by atoms with Crippen molar-refractivity contribution < 1.29 is 27.9 Å². The highest BCUT2D eigenvalue weighted by Crippen LogP contribution is 2.41. The highest BCUT2D eigenvalue weighted by molar-refractivity contribution is 5.94. The second-order valence-electron chi connectivity index (χ2n) is 9.53. The van der Waals surface area contributed by atoms with Crippen LogP contribution >= 0.6 is 0 Å². The molecule has 206 valence electrons. The van der Waals surface area contributed by atoms with Crippen molar-refractivity contribution in [2.24, 2.45) is 0 Å². The molecule has 0 spiro atoms. The average Bonchev–Trinajstić information content (AvgIpc) is 3.13. The van der Waals surface area contributed by atoms with E-state index in [0.29, 0.717) is 18.1 Å². The van der Waals surface area contributed by atoms with Crippen LogP contribution in [0.15, 0.2) is 67.3 Å². The summed E-state index contributed by atoms with van der Waals surface area (Å²) in [6.07, 6.45) is 1.87. The number of nitrogens with zero attached hydrogens (tertiary/aromatic N) is 3. The molecule has 2 fully saturated rings. The Labute approximate surface area is 222 Å². The second kappa shape index (κ2) is 13.0. The molecule has 1 amide bonds. The fraction of sp³-hybridized carbons (Fsp3) is 0.448. The molecule has 0 saturated carbocycles. The highest BCUT2D eigenvalue weighted by Gasteiger charge is 2.42. The maximum Gasteiger partial charge on any atom is 0.490 e. The van der Waals surface area contributed by atoms with Gasteiger partial charge in [0.05, 0.1) is 0 Å². The minimum absolute atomic E-state index is 0.110. The molecule has 6 nitrogen and oxygen atoms in total. The van der Waals surface area contributed by atoms with Gasteiger partial charge < -0.3 is 14.9 Å². The average molecular weight is 532 g/mol. The van der Waals surface area contributed by atoms with Crippen molar-refractivity contribution in [3.8, 4) is 0 Å². The zero-order valence-corrected chi connectivity index (χ0v) is 21.9. The van der Waals surface area contributed by atoms with E-state index in [1.807, 2.05) is 37.0 Å². The molecular weight excluding hydrogens is 495 g/mol. The second-order valence-corrected chi connectivity index (χ2v) is 9.53. The Morgan fingerprint density at radius 1 is 0.974 bits per heavy atom. The van der Waals surface area contributed by atoms with Crippen LogP contribution in [0.4, 0.5) is 24.5 Å². The van der Waals surface area contributed by atoms with Gasteiger partial charge in [-0.15, -0.1) is 6.58 Å². The SMILES string of the molecule is C=CCN1[C@@H]2CC[C@H]1CC(N(c1ccccc1)c1ccc(C(=O)N(CC)CC)cc1)C2.O=C(O)C(F)(F)F. The Balaban J connectivity index is 0.000000505. The number of fused-ring (bicyclic) bond motifs is 2. The molecule has 2 bridgehead atoms. The van der Waals surface area contributed by atoms with Gasteiger partial charge in [-0.1, -0.05) is 24.3 Å². The minimum atomic E-state index is -5.08. The van der Waals surface area contributed by atoms with Gasteiger partial charge in [0, 0.05) is 54.7 Å². The van der Waals surface area contributed by atoms with Gasteiger partial charge in [-0.3, -0.25) is 9.69 Å². The van der Waals surface area contributed by atoms with Crippen LogP contribution in [0.3, 0.4) is 0 Å². The van der Waals surface area contributed by atoms with E-state index < -0.39 is 12.1 Å². The number of alkyl halides is 3. The lowest BCUT2D eigenvalue weighted by Gasteiger charge is -2.44. The van der Waals surface area contributed by atoms with Gasteiger partial charge in [0.15, 0.2) is 0 Å². The van der Waals surface area contributed by atoms with E-state index in [2.05, 4.69) is 58.8 Å². The van der Waals surface area contributed by atoms with E-state index in [0.717, 1.165) is 25.2 Å². The molecule has 1 N–H and O–H groups in total. The Bertz CT molecular complexity index is 1060. The largest absolute Gasteiger partial charge is 0.490 e. The summed E-state index contributed by atoms with van der Waals surface area (Å²) in [4.78, 5) is 28.7. The summed E-state index contributed by atoms with van der Waals surface area (Å²) in [6.45, 7) is 10.5. The van der Waals surface area contributed by atoms with Gasteiger partial charge in [0.1, 0.15) is 0 Å². The van der Waals surface area contributed by atoms with E-state index in [1.54, 1.807) is 0 Å². The predicted molar refractivity (Wildman–Crippen MR) is 143 cm³/mol. The zero-order chi connectivity index (χ0) is 27.9. The van der Waals surface area contributed by atoms with Crippen LogP contribution in [0.5, 0.6) is 0 Å². The molecule has 3 atom stereocenters. The Hall–Kier alpha value is -3.33. The van der Waals surface area contributed by atoms with Crippen LogP contribution in [-0.4, -0.2) is 70.7 Å². The van der Waals surface area contributed by atoms with E-state index in [4.69, 9.17) is 9.90 Å². The summed E-state index contributed by atoms with van der Waals surface area (Å²) in [5, 5.41) is 7.12. The van der Waals surface area contributed by atoms with Gasteiger partial charge >= 0.3 is 12.1 Å². The predicted octanol–water partition coefficient (Wildman–Crippen LogP) is 6.12. The van der Waals surface area contributed by atoms with Crippen molar-refractivity contribution in [2.45, 2.75) is 63.8 Å². The molecule has 1 unspecified atom stereocenters. The van der Waals surface area contributed by atoms with Gasteiger partial charge in [0.2, 0.25) is 0 Å². The van der Waals surface area contributed by atoms with Crippen molar-refractivity contribution in [3.63, 3.8) is 0 Å². The summed E-state index contributed by atoms with van der Waals surface area (Å²) in [6, 6.07) is 20.7. The third kappa shape index (κ3) is 6.95. The van der Waals surface area contributed by atoms with Gasteiger partial charge in [-0.25, -0.2) is 4.79 Å². The number of para-hydroxylation sites is 1. The first-order valence-corrected chi connectivity index (χ1v) is 13.0. The number of carbonyl (C=O) groups is 2. The molecule has 2 aliphatic heterocycles. The summed E-state index contributed by atoms with van der Waals surface area (Å²) >= 11 is 0. The molecule has 0 radical (unpaired) electrons. The van der Waals surface area contributed by atoms with Crippen molar-refractivity contribution in [3.05, 3.63) is 72.8 Å². The standard InChI is InChI=1S/C27H35N3O.C2HF3O2/c1-4-18-29-24-16-17-25(29)20-26(19-24)30(22-10-8-7-9-11-22)23-14-12-21(13-15-23)27(31)28(5-2)6-3;3-2(4,5)1(6)7/h4,7-15,24-26H,1,5-6,16-20H2,2-3H3;(H,6,7)/t24-,25+,26?;. The first-order chi connectivity index (χ1) is 18.1. The Kier molecular flexibility index (Phi) is 9.96.